The first-order valence-corrected chi connectivity index (χ1v) is 20.1. The maximum atomic E-state index is 14.2. The van der Waals surface area contributed by atoms with Crippen LogP contribution < -0.4 is 16.0 Å². The van der Waals surface area contributed by atoms with E-state index in [4.69, 9.17) is 0 Å². The van der Waals surface area contributed by atoms with Gasteiger partial charge in [0.05, 0.1) is 0 Å². The first-order chi connectivity index (χ1) is 36.5. The van der Waals surface area contributed by atoms with Gasteiger partial charge in [0, 0.05) is 19.6 Å². The highest BCUT2D eigenvalue weighted by Gasteiger charge is 2.97. The lowest BCUT2D eigenvalue weighted by atomic mass is 9.91. The zero-order chi connectivity index (χ0) is 69.3. The van der Waals surface area contributed by atoms with E-state index in [1.165, 1.54) is 0 Å². The number of halogens is 45. The number of hydrogen-bond donors (Lipinski definition) is 3. The first-order valence-electron chi connectivity index (χ1n) is 20.1. The summed E-state index contributed by atoms with van der Waals surface area (Å²) in [4.78, 5) is 35.2. The average Bonchev–Trinajstić information content (AvgIpc) is 3.30. The van der Waals surface area contributed by atoms with Gasteiger partial charge in [-0.15, -0.1) is 0 Å². The van der Waals surface area contributed by atoms with E-state index < -0.39 is 201 Å². The van der Waals surface area contributed by atoms with Crippen LogP contribution in [0.5, 0.6) is 0 Å². The normalized spacial score (nSPS) is 16.0. The zero-order valence-electron chi connectivity index (χ0n) is 38.5. The summed E-state index contributed by atoms with van der Waals surface area (Å²) in [6, 6.07) is 0. The van der Waals surface area contributed by atoms with Gasteiger partial charge in [-0.1, -0.05) is 0 Å². The van der Waals surface area contributed by atoms with Crippen molar-refractivity contribution in [2.45, 2.75) is 144 Å². The second kappa shape index (κ2) is 23.0. The molecule has 0 bridgehead atoms. The Balaban J connectivity index is 6.93. The molecule has 0 fully saturated rings. The van der Waals surface area contributed by atoms with Gasteiger partial charge >= 0.3 is 125 Å². The van der Waals surface area contributed by atoms with Gasteiger partial charge in [-0.25, -0.2) is 0 Å². The Morgan fingerprint density at radius 3 is 0.482 bits per heavy atom. The molecule has 0 radical (unpaired) electrons. The van der Waals surface area contributed by atoms with E-state index in [1.807, 2.05) is 0 Å². The van der Waals surface area contributed by atoms with Gasteiger partial charge in [0.15, 0.2) is 0 Å². The van der Waals surface area contributed by atoms with Gasteiger partial charge < -0.3 is 20.9 Å². The predicted octanol–water partition coefficient (Wildman–Crippen LogP) is 12.9. The Hall–Kier alpha value is -4.78. The molecule has 0 rings (SSSR count). The van der Waals surface area contributed by atoms with Crippen molar-refractivity contribution in [3.05, 3.63) is 0 Å². The molecule has 52 heteroatoms. The summed E-state index contributed by atoms with van der Waals surface area (Å²) in [5.74, 6) is -167. The molecule has 0 heterocycles. The predicted molar refractivity (Wildman–Crippen MR) is 177 cm³/mol. The molecule has 0 aliphatic rings. The van der Waals surface area contributed by atoms with E-state index in [0.717, 1.165) is 0 Å². The van der Waals surface area contributed by atoms with E-state index in [9.17, 15) is 212 Å². The molecule has 0 aromatic heterocycles. The van der Waals surface area contributed by atoms with Gasteiger partial charge in [0.2, 0.25) is 0 Å². The lowest BCUT2D eigenvalue weighted by molar-refractivity contribution is -0.449. The summed E-state index contributed by atoms with van der Waals surface area (Å²) >= 11 is 0. The molecule has 0 atom stereocenters. The van der Waals surface area contributed by atoms with E-state index in [0.29, 0.717) is 16.0 Å². The van der Waals surface area contributed by atoms with Crippen molar-refractivity contribution in [2.24, 2.45) is 0 Å². The van der Waals surface area contributed by atoms with Crippen molar-refractivity contribution in [1.29, 1.82) is 0 Å². The summed E-state index contributed by atoms with van der Waals surface area (Å²) in [6.45, 7) is -10.8. The Labute approximate surface area is 435 Å². The summed E-state index contributed by atoms with van der Waals surface area (Å²) in [7, 11) is 0. The van der Waals surface area contributed by atoms with Crippen LogP contribution in [0.3, 0.4) is 0 Å². The SMILES string of the molecule is O=C(NCCCN(CCCNC(=O)C(F)(F)C(F)(F)C(F)(F)C(F)(F)C(F)(F)C(F)(F)C(F)(F)F)CCCNC(=O)C(F)(F)C(F)(F)C(F)(F)C(F)(F)C(F)(F)C(F)(F)C(F)(F)F)C(F)(F)C(F)(F)C(F)(F)C(F)(F)C(F)(F)C(F)(F)C(F)(F)F. The molecule has 0 aliphatic heterocycles. The third kappa shape index (κ3) is 12.3. The Kier molecular flexibility index (Phi) is 21.7. The van der Waals surface area contributed by atoms with Crippen LogP contribution in [0, 0.1) is 0 Å². The van der Waals surface area contributed by atoms with Crippen LogP contribution in [-0.2, 0) is 14.4 Å². The third-order valence-electron chi connectivity index (χ3n) is 10.6. The lowest BCUT2D eigenvalue weighted by Gasteiger charge is -2.41. The van der Waals surface area contributed by atoms with Crippen molar-refractivity contribution in [1.82, 2.24) is 20.9 Å². The van der Waals surface area contributed by atoms with Gasteiger partial charge in [0.25, 0.3) is 17.7 Å². The molecule has 506 valence electrons. The fraction of sp³-hybridized carbons (Fsp3) is 0.909. The lowest BCUT2D eigenvalue weighted by Crippen LogP contribution is -2.74. The van der Waals surface area contributed by atoms with Crippen molar-refractivity contribution < 1.29 is 212 Å². The third-order valence-corrected chi connectivity index (χ3v) is 10.6. The number of carbonyl (C=O) groups excluding carboxylic acids is 3. The molecule has 3 amide bonds. The van der Waals surface area contributed by atoms with Gasteiger partial charge in [-0.2, -0.15) is 198 Å². The monoisotopic (exact) mass is 1380 g/mol. The highest BCUT2D eigenvalue weighted by molar-refractivity contribution is 5.86. The van der Waals surface area contributed by atoms with Crippen LogP contribution in [0.4, 0.5) is 198 Å². The minimum Gasteiger partial charge on any atom is -0.351 e. The van der Waals surface area contributed by atoms with Gasteiger partial charge in [0.1, 0.15) is 0 Å². The maximum absolute atomic E-state index is 14.2. The van der Waals surface area contributed by atoms with Crippen LogP contribution in [0.15, 0.2) is 0 Å². The van der Waals surface area contributed by atoms with Crippen LogP contribution >= 0.6 is 0 Å². The minimum atomic E-state index is -8.98. The van der Waals surface area contributed by atoms with E-state index >= 15 is 0 Å². The summed E-state index contributed by atoms with van der Waals surface area (Å²) < 4.78 is 606. The van der Waals surface area contributed by atoms with Crippen LogP contribution in [0.1, 0.15) is 19.3 Å². The molecule has 7 nitrogen and oxygen atoms in total. The number of nitrogens with zero attached hydrogens (tertiary/aromatic N) is 1. The van der Waals surface area contributed by atoms with E-state index in [2.05, 4.69) is 0 Å². The van der Waals surface area contributed by atoms with Crippen LogP contribution in [0.25, 0.3) is 0 Å². The molecular weight excluding hydrogens is 1360 g/mol. The highest BCUT2D eigenvalue weighted by atomic mass is 19.5. The number of hydrogen-bond acceptors (Lipinski definition) is 4. The summed E-state index contributed by atoms with van der Waals surface area (Å²) in [6.07, 6.45) is -29.1. The molecule has 0 spiro atoms. The molecule has 0 saturated carbocycles. The summed E-state index contributed by atoms with van der Waals surface area (Å²) in [5, 5.41) is 0.876. The van der Waals surface area contributed by atoms with Crippen molar-refractivity contribution in [2.75, 3.05) is 39.3 Å². The van der Waals surface area contributed by atoms with E-state index in [1.54, 1.807) is 0 Å². The number of alkyl halides is 45. The average molecular weight is 1380 g/mol. The molecule has 85 heavy (non-hydrogen) atoms. The van der Waals surface area contributed by atoms with E-state index in [-0.39, 0.29) is 4.90 Å². The van der Waals surface area contributed by atoms with Crippen molar-refractivity contribution in [3.8, 4) is 0 Å². The topological polar surface area (TPSA) is 90.5 Å². The second-order valence-electron chi connectivity index (χ2n) is 16.5. The number of nitrogens with one attached hydrogen (secondary N) is 3. The van der Waals surface area contributed by atoms with Crippen molar-refractivity contribution in [3.63, 3.8) is 0 Å². The molecule has 0 unspecified atom stereocenters. The molecule has 0 aromatic rings. The summed E-state index contributed by atoms with van der Waals surface area (Å²) in [5.41, 5.74) is 0. The van der Waals surface area contributed by atoms with Gasteiger partial charge in [-0.3, -0.25) is 14.4 Å². The minimum absolute atomic E-state index is 0.0730. The van der Waals surface area contributed by atoms with Gasteiger partial charge in [-0.05, 0) is 38.9 Å². The maximum Gasteiger partial charge on any atom is 0.460 e. The Morgan fingerprint density at radius 1 is 0.212 bits per heavy atom. The largest absolute Gasteiger partial charge is 0.460 e. The number of rotatable bonds is 30. The van der Waals surface area contributed by atoms with Crippen LogP contribution in [0.2, 0.25) is 0 Å². The molecule has 0 aliphatic carbocycles. The quantitative estimate of drug-likeness (QED) is 0.0494. The highest BCUT2D eigenvalue weighted by Crippen LogP contribution is 2.66. The van der Waals surface area contributed by atoms with Crippen LogP contribution in [-0.4, -0.2) is 187 Å². The fourth-order valence-electron chi connectivity index (χ4n) is 5.51. The Bertz CT molecular complexity index is 2080. The smallest absolute Gasteiger partial charge is 0.351 e. The zero-order valence-corrected chi connectivity index (χ0v) is 38.5. The second-order valence-corrected chi connectivity index (χ2v) is 16.5. The first kappa shape index (κ1) is 80.2. The number of amides is 3. The molecule has 0 aromatic carbocycles. The Morgan fingerprint density at radius 2 is 0.341 bits per heavy atom. The molecular formula is C33H21F45N4O3. The fourth-order valence-corrected chi connectivity index (χ4v) is 5.51. The number of carbonyl (C=O) groups is 3. The molecule has 3 N–H and O–H groups in total. The standard InChI is InChI=1S/C33H21F45N4O3/c34-13(35,16(40,41)19(46,47)22(52,53)25(58,59)28(64,65)31(70,71)72)10(83)79-4-1-7-82(8-2-5-80-11(84)14(36,37)17(42,43)20(48,49)23(54,55)26(60,61)29(66,67)32(73,74)75)9-3-6-81-12(85)15(38,39)18(44,45)21(50,51)24(56,57)27(62,63)30(68,69)33(76,77)78/h1-9H2,(H,79,83)(H,80,84)(H,81,85). The molecule has 0 saturated heterocycles. The van der Waals surface area contributed by atoms with Crippen molar-refractivity contribution >= 4 is 17.7 Å².